The van der Waals surface area contributed by atoms with Crippen LogP contribution in [0.4, 0.5) is 0 Å². The number of carbonyl (C=O) groups excluding carboxylic acids is 2. The minimum absolute atomic E-state index is 0.00102. The molecule has 1 aliphatic carbocycles. The molecule has 6 nitrogen and oxygen atoms in total. The van der Waals surface area contributed by atoms with Crippen molar-refractivity contribution in [1.29, 1.82) is 0 Å². The fourth-order valence-electron chi connectivity index (χ4n) is 5.20. The third kappa shape index (κ3) is 2.62. The summed E-state index contributed by atoms with van der Waals surface area (Å²) in [5, 5.41) is 6.58. The molecule has 0 saturated heterocycles. The molecular formula is C22H25N3O3. The van der Waals surface area contributed by atoms with E-state index in [1.54, 1.807) is 6.92 Å². The minimum atomic E-state index is -0.433. The van der Waals surface area contributed by atoms with Crippen LogP contribution in [0.2, 0.25) is 0 Å². The molecule has 1 fully saturated rings. The molecule has 3 aliphatic heterocycles. The van der Waals surface area contributed by atoms with E-state index in [0.717, 1.165) is 48.3 Å². The first-order valence-electron chi connectivity index (χ1n) is 10.1. The van der Waals surface area contributed by atoms with Crippen LogP contribution in [0.5, 0.6) is 5.75 Å². The number of carbonyl (C=O) groups is 2. The zero-order valence-electron chi connectivity index (χ0n) is 16.0. The maximum atomic E-state index is 12.9. The van der Waals surface area contributed by atoms with E-state index in [0.29, 0.717) is 18.7 Å². The van der Waals surface area contributed by atoms with E-state index in [1.165, 1.54) is 0 Å². The van der Waals surface area contributed by atoms with Crippen molar-refractivity contribution < 1.29 is 14.3 Å². The second-order valence-corrected chi connectivity index (χ2v) is 7.99. The maximum Gasteiger partial charge on any atom is 0.251 e. The second-order valence-electron chi connectivity index (χ2n) is 7.99. The van der Waals surface area contributed by atoms with E-state index < -0.39 is 6.04 Å². The van der Waals surface area contributed by atoms with Crippen molar-refractivity contribution in [3.05, 3.63) is 46.7 Å². The molecule has 0 radical (unpaired) electrons. The predicted molar refractivity (Wildman–Crippen MR) is 105 cm³/mol. The number of para-hydroxylation sites is 1. The molecule has 2 N–H and O–H groups in total. The Labute approximate surface area is 164 Å². The minimum Gasteiger partial charge on any atom is -0.489 e. The highest BCUT2D eigenvalue weighted by molar-refractivity contribution is 5.99. The van der Waals surface area contributed by atoms with Gasteiger partial charge in [0.15, 0.2) is 0 Å². The molecule has 1 saturated carbocycles. The molecule has 3 atom stereocenters. The van der Waals surface area contributed by atoms with Gasteiger partial charge in [-0.25, -0.2) is 0 Å². The standard InChI is InChI=1S/C22H25N3O3/c1-13(26)25-18-10-3-2-9-16(18)24-17-12-23-22(27)19(17)20(25)15-8-4-6-14-7-5-11-28-21(14)15/h4-8,16,18,20,24H,2-3,9-12H2,1H3,(H,23,27)/t16-,18-,20-/m1/s1. The highest BCUT2D eigenvalue weighted by atomic mass is 16.5. The first-order valence-corrected chi connectivity index (χ1v) is 10.1. The van der Waals surface area contributed by atoms with E-state index in [-0.39, 0.29) is 23.9 Å². The number of hydrogen-bond acceptors (Lipinski definition) is 4. The Balaban J connectivity index is 1.72. The second kappa shape index (κ2) is 6.69. The summed E-state index contributed by atoms with van der Waals surface area (Å²) in [7, 11) is 0. The van der Waals surface area contributed by atoms with Crippen molar-refractivity contribution >= 4 is 17.9 Å². The monoisotopic (exact) mass is 379 g/mol. The number of ether oxygens (including phenoxy) is 1. The molecule has 3 heterocycles. The molecule has 1 aromatic carbocycles. The van der Waals surface area contributed by atoms with Crippen LogP contribution in [-0.4, -0.2) is 41.9 Å². The SMILES string of the molecule is CC(=O)N1[C@@H]2CCCC[C@H]2NC2=C(C(=O)NC2)[C@H]1c1cccc2c1OCC=C2. The third-order valence-electron chi connectivity index (χ3n) is 6.35. The summed E-state index contributed by atoms with van der Waals surface area (Å²) in [4.78, 5) is 27.8. The van der Waals surface area contributed by atoms with Gasteiger partial charge in [-0.1, -0.05) is 37.1 Å². The zero-order valence-corrected chi connectivity index (χ0v) is 16.0. The Kier molecular flexibility index (Phi) is 4.14. The van der Waals surface area contributed by atoms with Crippen LogP contribution in [0.1, 0.15) is 49.8 Å². The number of benzene rings is 1. The predicted octanol–water partition coefficient (Wildman–Crippen LogP) is 2.28. The first kappa shape index (κ1) is 17.3. The van der Waals surface area contributed by atoms with E-state index in [2.05, 4.69) is 10.6 Å². The first-order chi connectivity index (χ1) is 13.6. The average Bonchev–Trinajstić information content (AvgIpc) is 2.98. The van der Waals surface area contributed by atoms with E-state index in [4.69, 9.17) is 4.74 Å². The van der Waals surface area contributed by atoms with Gasteiger partial charge in [0, 0.05) is 29.8 Å². The lowest BCUT2D eigenvalue weighted by Gasteiger charge is -2.42. The van der Waals surface area contributed by atoms with Gasteiger partial charge in [0.25, 0.3) is 5.91 Å². The molecule has 28 heavy (non-hydrogen) atoms. The van der Waals surface area contributed by atoms with Crippen molar-refractivity contribution in [3.8, 4) is 5.75 Å². The number of amides is 2. The molecule has 2 amide bonds. The molecule has 1 aromatic rings. The lowest BCUT2D eigenvalue weighted by molar-refractivity contribution is -0.134. The molecule has 0 aromatic heterocycles. The summed E-state index contributed by atoms with van der Waals surface area (Å²) in [5.74, 6) is 0.685. The molecule has 5 rings (SSSR count). The summed E-state index contributed by atoms with van der Waals surface area (Å²) in [6, 6.07) is 5.81. The van der Waals surface area contributed by atoms with E-state index >= 15 is 0 Å². The van der Waals surface area contributed by atoms with Crippen molar-refractivity contribution in [3.63, 3.8) is 0 Å². The van der Waals surface area contributed by atoms with Gasteiger partial charge in [-0.2, -0.15) is 0 Å². The molecule has 146 valence electrons. The Morgan fingerprint density at radius 1 is 1.25 bits per heavy atom. The Hall–Kier alpha value is -2.76. The van der Waals surface area contributed by atoms with Gasteiger partial charge >= 0.3 is 0 Å². The quantitative estimate of drug-likeness (QED) is 0.785. The van der Waals surface area contributed by atoms with Crippen molar-refractivity contribution in [2.75, 3.05) is 13.2 Å². The summed E-state index contributed by atoms with van der Waals surface area (Å²) in [6.45, 7) is 2.61. The van der Waals surface area contributed by atoms with Crippen LogP contribution in [0.3, 0.4) is 0 Å². The molecular weight excluding hydrogens is 354 g/mol. The highest BCUT2D eigenvalue weighted by Crippen LogP contribution is 2.44. The average molecular weight is 379 g/mol. The lowest BCUT2D eigenvalue weighted by Crippen LogP contribution is -2.53. The Morgan fingerprint density at radius 3 is 2.96 bits per heavy atom. The van der Waals surface area contributed by atoms with Crippen LogP contribution < -0.4 is 15.4 Å². The summed E-state index contributed by atoms with van der Waals surface area (Å²) in [6.07, 6.45) is 8.23. The summed E-state index contributed by atoms with van der Waals surface area (Å²) in [5.41, 5.74) is 3.48. The van der Waals surface area contributed by atoms with E-state index in [1.807, 2.05) is 35.3 Å². The summed E-state index contributed by atoms with van der Waals surface area (Å²) >= 11 is 0. The van der Waals surface area contributed by atoms with E-state index in [9.17, 15) is 9.59 Å². The largest absolute Gasteiger partial charge is 0.489 e. The van der Waals surface area contributed by atoms with Gasteiger partial charge in [0.1, 0.15) is 12.4 Å². The van der Waals surface area contributed by atoms with Gasteiger partial charge in [0.05, 0.1) is 24.2 Å². The molecule has 0 unspecified atom stereocenters. The maximum absolute atomic E-state index is 12.9. The smallest absolute Gasteiger partial charge is 0.251 e. The van der Waals surface area contributed by atoms with Crippen molar-refractivity contribution in [1.82, 2.24) is 15.5 Å². The number of rotatable bonds is 1. The Bertz CT molecular complexity index is 904. The lowest BCUT2D eigenvalue weighted by atomic mass is 9.86. The highest BCUT2D eigenvalue weighted by Gasteiger charge is 2.46. The van der Waals surface area contributed by atoms with Crippen LogP contribution in [0, 0.1) is 0 Å². The summed E-state index contributed by atoms with van der Waals surface area (Å²) < 4.78 is 6.00. The molecule has 4 aliphatic rings. The van der Waals surface area contributed by atoms with Gasteiger partial charge in [-0.15, -0.1) is 0 Å². The number of nitrogens with one attached hydrogen (secondary N) is 2. The van der Waals surface area contributed by atoms with Crippen LogP contribution >= 0.6 is 0 Å². The van der Waals surface area contributed by atoms with Crippen LogP contribution in [0.15, 0.2) is 35.5 Å². The normalized spacial score (nSPS) is 28.4. The Morgan fingerprint density at radius 2 is 2.11 bits per heavy atom. The van der Waals surface area contributed by atoms with Gasteiger partial charge < -0.3 is 20.3 Å². The number of nitrogens with zero attached hydrogens (tertiary/aromatic N) is 1. The van der Waals surface area contributed by atoms with Gasteiger partial charge in [-0.3, -0.25) is 9.59 Å². The zero-order chi connectivity index (χ0) is 19.3. The third-order valence-corrected chi connectivity index (χ3v) is 6.35. The van der Waals surface area contributed by atoms with Crippen LogP contribution in [-0.2, 0) is 9.59 Å². The fourth-order valence-corrected chi connectivity index (χ4v) is 5.20. The topological polar surface area (TPSA) is 70.7 Å². The molecule has 6 heteroatoms. The van der Waals surface area contributed by atoms with Crippen molar-refractivity contribution in [2.24, 2.45) is 0 Å². The van der Waals surface area contributed by atoms with Crippen LogP contribution in [0.25, 0.3) is 6.08 Å². The van der Waals surface area contributed by atoms with Crippen molar-refractivity contribution in [2.45, 2.75) is 50.7 Å². The number of fused-ring (bicyclic) bond motifs is 2. The van der Waals surface area contributed by atoms with Gasteiger partial charge in [0.2, 0.25) is 5.91 Å². The molecule has 0 spiro atoms. The van der Waals surface area contributed by atoms with Gasteiger partial charge in [-0.05, 0) is 18.9 Å². The molecule has 0 bridgehead atoms. The fraction of sp³-hybridized carbons (Fsp3) is 0.455. The number of hydrogen-bond donors (Lipinski definition) is 2.